The SMILES string of the molecule is CCN(CC)Cc1nnc2sc(C(C)(C)Oc3ccc(Cl)cc3)nn12. The van der Waals surface area contributed by atoms with Crippen molar-refractivity contribution in [3.05, 3.63) is 40.1 Å². The summed E-state index contributed by atoms with van der Waals surface area (Å²) in [4.78, 5) is 3.06. The molecule has 3 rings (SSSR count). The van der Waals surface area contributed by atoms with Crippen molar-refractivity contribution in [3.8, 4) is 5.75 Å². The lowest BCUT2D eigenvalue weighted by atomic mass is 10.1. The van der Waals surface area contributed by atoms with Crippen LogP contribution in [0.3, 0.4) is 0 Å². The van der Waals surface area contributed by atoms with Crippen LogP contribution in [0.15, 0.2) is 24.3 Å². The highest BCUT2D eigenvalue weighted by atomic mass is 35.5. The Morgan fingerprint density at radius 2 is 1.84 bits per heavy atom. The van der Waals surface area contributed by atoms with E-state index in [-0.39, 0.29) is 0 Å². The molecule has 25 heavy (non-hydrogen) atoms. The van der Waals surface area contributed by atoms with Gasteiger partial charge in [0, 0.05) is 5.02 Å². The van der Waals surface area contributed by atoms with Crippen LogP contribution in [-0.4, -0.2) is 37.8 Å². The first-order valence-electron chi connectivity index (χ1n) is 8.31. The zero-order valence-corrected chi connectivity index (χ0v) is 16.4. The lowest BCUT2D eigenvalue weighted by Gasteiger charge is -2.23. The normalized spacial score (nSPS) is 12.2. The Morgan fingerprint density at radius 3 is 2.48 bits per heavy atom. The van der Waals surface area contributed by atoms with Gasteiger partial charge in [-0.1, -0.05) is 36.8 Å². The molecule has 0 spiro atoms. The molecule has 0 aliphatic rings. The first-order chi connectivity index (χ1) is 11.9. The molecule has 2 heterocycles. The maximum Gasteiger partial charge on any atom is 0.234 e. The smallest absolute Gasteiger partial charge is 0.234 e. The highest BCUT2D eigenvalue weighted by Crippen LogP contribution is 2.31. The van der Waals surface area contributed by atoms with Gasteiger partial charge in [0.15, 0.2) is 16.4 Å². The van der Waals surface area contributed by atoms with Gasteiger partial charge in [-0.3, -0.25) is 4.90 Å². The van der Waals surface area contributed by atoms with Crippen LogP contribution in [-0.2, 0) is 12.1 Å². The van der Waals surface area contributed by atoms with E-state index >= 15 is 0 Å². The van der Waals surface area contributed by atoms with Gasteiger partial charge in [0.25, 0.3) is 0 Å². The van der Waals surface area contributed by atoms with Crippen molar-refractivity contribution >= 4 is 27.9 Å². The molecular weight excluding hydrogens is 358 g/mol. The van der Waals surface area contributed by atoms with E-state index in [1.54, 1.807) is 0 Å². The summed E-state index contributed by atoms with van der Waals surface area (Å²) in [5, 5.41) is 14.8. The van der Waals surface area contributed by atoms with Gasteiger partial charge < -0.3 is 4.74 Å². The number of rotatable bonds is 7. The Bertz CT molecular complexity index is 838. The van der Waals surface area contributed by atoms with E-state index < -0.39 is 5.60 Å². The Kier molecular flexibility index (Phi) is 5.27. The number of fused-ring (bicyclic) bond motifs is 1. The van der Waals surface area contributed by atoms with Gasteiger partial charge in [-0.25, -0.2) is 0 Å². The molecular formula is C17H22ClN5OS. The van der Waals surface area contributed by atoms with E-state index in [1.165, 1.54) is 11.3 Å². The zero-order chi connectivity index (χ0) is 18.0. The number of hydrogen-bond donors (Lipinski definition) is 0. The Hall–Kier alpha value is -1.70. The Balaban J connectivity index is 1.85. The first kappa shape index (κ1) is 18.1. The van der Waals surface area contributed by atoms with E-state index in [0.717, 1.165) is 41.2 Å². The fourth-order valence-corrected chi connectivity index (χ4v) is 3.51. The van der Waals surface area contributed by atoms with Crippen molar-refractivity contribution < 1.29 is 4.74 Å². The highest BCUT2D eigenvalue weighted by molar-refractivity contribution is 7.16. The van der Waals surface area contributed by atoms with Gasteiger partial charge in [0.05, 0.1) is 6.54 Å². The molecule has 0 bridgehead atoms. The summed E-state index contributed by atoms with van der Waals surface area (Å²) in [5.41, 5.74) is -0.578. The summed E-state index contributed by atoms with van der Waals surface area (Å²) in [6.07, 6.45) is 0. The molecule has 0 aliphatic carbocycles. The van der Waals surface area contributed by atoms with E-state index in [4.69, 9.17) is 21.4 Å². The number of aromatic nitrogens is 4. The number of nitrogens with zero attached hydrogens (tertiary/aromatic N) is 5. The van der Waals surface area contributed by atoms with Crippen LogP contribution in [0, 0.1) is 0 Å². The summed E-state index contributed by atoms with van der Waals surface area (Å²) >= 11 is 7.43. The van der Waals surface area contributed by atoms with Crippen molar-refractivity contribution in [1.82, 2.24) is 24.7 Å². The maximum absolute atomic E-state index is 6.12. The number of benzene rings is 1. The van der Waals surface area contributed by atoms with Crippen molar-refractivity contribution in [2.24, 2.45) is 0 Å². The van der Waals surface area contributed by atoms with Crippen LogP contribution in [0.4, 0.5) is 0 Å². The van der Waals surface area contributed by atoms with Crippen LogP contribution >= 0.6 is 22.9 Å². The molecule has 0 atom stereocenters. The van der Waals surface area contributed by atoms with Crippen LogP contribution in [0.1, 0.15) is 38.5 Å². The monoisotopic (exact) mass is 379 g/mol. The summed E-state index contributed by atoms with van der Waals surface area (Å²) in [6, 6.07) is 7.34. The van der Waals surface area contributed by atoms with Crippen LogP contribution < -0.4 is 4.74 Å². The molecule has 2 aromatic heterocycles. The third-order valence-electron chi connectivity index (χ3n) is 4.02. The third-order valence-corrected chi connectivity index (χ3v) is 5.47. The summed E-state index contributed by atoms with van der Waals surface area (Å²) in [7, 11) is 0. The quantitative estimate of drug-likeness (QED) is 0.621. The molecule has 0 saturated heterocycles. The molecule has 0 amide bonds. The predicted molar refractivity (Wildman–Crippen MR) is 100 cm³/mol. The largest absolute Gasteiger partial charge is 0.481 e. The van der Waals surface area contributed by atoms with Crippen LogP contribution in [0.5, 0.6) is 5.75 Å². The molecule has 0 radical (unpaired) electrons. The summed E-state index contributed by atoms with van der Waals surface area (Å²) < 4.78 is 7.95. The lowest BCUT2D eigenvalue weighted by Crippen LogP contribution is -2.26. The molecule has 0 saturated carbocycles. The molecule has 1 aromatic carbocycles. The second-order valence-electron chi connectivity index (χ2n) is 6.25. The van der Waals surface area contributed by atoms with E-state index in [1.807, 2.05) is 42.6 Å². The Labute approximate surface area is 156 Å². The molecule has 0 fully saturated rings. The second-order valence-corrected chi connectivity index (χ2v) is 7.64. The standard InChI is InChI=1S/C17H22ClN5OS/c1-5-22(6-2)11-14-19-20-16-23(14)21-15(25-16)17(3,4)24-13-9-7-12(18)8-10-13/h7-10H,5-6,11H2,1-4H3. The fraction of sp³-hybridized carbons (Fsp3) is 0.471. The molecule has 0 unspecified atom stereocenters. The molecule has 0 aliphatic heterocycles. The number of ether oxygens (including phenoxy) is 1. The van der Waals surface area contributed by atoms with E-state index in [0.29, 0.717) is 5.02 Å². The highest BCUT2D eigenvalue weighted by Gasteiger charge is 2.29. The zero-order valence-electron chi connectivity index (χ0n) is 14.9. The van der Waals surface area contributed by atoms with Gasteiger partial charge in [0.1, 0.15) is 5.75 Å². The number of hydrogen-bond acceptors (Lipinski definition) is 6. The first-order valence-corrected chi connectivity index (χ1v) is 9.51. The van der Waals surface area contributed by atoms with E-state index in [9.17, 15) is 0 Å². The van der Waals surface area contributed by atoms with Gasteiger partial charge in [-0.05, 0) is 51.2 Å². The van der Waals surface area contributed by atoms with Gasteiger partial charge in [-0.15, -0.1) is 10.2 Å². The summed E-state index contributed by atoms with van der Waals surface area (Å²) in [5.74, 6) is 1.60. The third kappa shape index (κ3) is 3.94. The molecule has 3 aromatic rings. The minimum absolute atomic E-state index is 0.578. The van der Waals surface area contributed by atoms with Gasteiger partial charge in [-0.2, -0.15) is 9.61 Å². The average Bonchev–Trinajstić information content (AvgIpc) is 3.16. The van der Waals surface area contributed by atoms with Crippen molar-refractivity contribution in [1.29, 1.82) is 0 Å². The predicted octanol–water partition coefficient (Wildman–Crippen LogP) is 4.00. The molecule has 8 heteroatoms. The topological polar surface area (TPSA) is 55.5 Å². The van der Waals surface area contributed by atoms with Crippen LogP contribution in [0.2, 0.25) is 5.02 Å². The van der Waals surface area contributed by atoms with Crippen LogP contribution in [0.25, 0.3) is 4.96 Å². The molecule has 6 nitrogen and oxygen atoms in total. The average molecular weight is 380 g/mol. The molecule has 134 valence electrons. The van der Waals surface area contributed by atoms with Gasteiger partial charge in [0.2, 0.25) is 4.96 Å². The van der Waals surface area contributed by atoms with Gasteiger partial charge >= 0.3 is 0 Å². The second kappa shape index (κ2) is 7.27. The van der Waals surface area contributed by atoms with E-state index in [2.05, 4.69) is 28.9 Å². The lowest BCUT2D eigenvalue weighted by molar-refractivity contribution is 0.107. The fourth-order valence-electron chi connectivity index (χ4n) is 2.49. The Morgan fingerprint density at radius 1 is 1.16 bits per heavy atom. The summed E-state index contributed by atoms with van der Waals surface area (Å²) in [6.45, 7) is 10.9. The molecule has 0 N–H and O–H groups in total. The van der Waals surface area contributed by atoms with Crippen molar-refractivity contribution in [3.63, 3.8) is 0 Å². The van der Waals surface area contributed by atoms with Crippen molar-refractivity contribution in [2.75, 3.05) is 13.1 Å². The van der Waals surface area contributed by atoms with Crippen molar-refractivity contribution in [2.45, 2.75) is 39.8 Å². The minimum atomic E-state index is -0.578. The maximum atomic E-state index is 6.12. The number of halogens is 1. The minimum Gasteiger partial charge on any atom is -0.481 e.